The molecule has 0 radical (unpaired) electrons. The Kier molecular flexibility index (Phi) is 4.53. The van der Waals surface area contributed by atoms with E-state index in [-0.39, 0.29) is 24.4 Å². The Morgan fingerprint density at radius 3 is 2.53 bits per heavy atom. The molecular weight excluding hydrogens is 382 g/mol. The van der Waals surface area contributed by atoms with Gasteiger partial charge in [-0.3, -0.25) is 9.59 Å². The zero-order valence-electron chi connectivity index (χ0n) is 17.0. The van der Waals surface area contributed by atoms with Gasteiger partial charge in [0.15, 0.2) is 0 Å². The summed E-state index contributed by atoms with van der Waals surface area (Å²) in [6.45, 7) is 2.42. The average molecular weight is 407 g/mol. The van der Waals surface area contributed by atoms with Crippen molar-refractivity contribution in [3.8, 4) is 11.5 Å². The number of nitrogens with zero attached hydrogens (tertiary/aromatic N) is 2. The lowest BCUT2D eigenvalue weighted by Crippen LogP contribution is -2.64. The Labute approximate surface area is 174 Å². The maximum atomic E-state index is 13.5. The first-order chi connectivity index (χ1) is 14.6. The number of nitrogens with one attached hydrogen (secondary N) is 1. The van der Waals surface area contributed by atoms with Gasteiger partial charge in [0.1, 0.15) is 22.8 Å². The van der Waals surface area contributed by atoms with E-state index in [9.17, 15) is 9.59 Å². The van der Waals surface area contributed by atoms with E-state index in [1.165, 1.54) is 0 Å². The molecule has 1 aliphatic carbocycles. The van der Waals surface area contributed by atoms with Crippen LogP contribution in [0.4, 0.5) is 0 Å². The number of rotatable bonds is 5. The van der Waals surface area contributed by atoms with E-state index in [1.54, 1.807) is 29.6 Å². The lowest BCUT2D eigenvalue weighted by molar-refractivity contribution is -0.134. The fraction of sp³-hybridized carbons (Fsp3) is 0.391. The molecule has 0 aromatic carbocycles. The number of fused-ring (bicyclic) bond motifs is 1. The van der Waals surface area contributed by atoms with Gasteiger partial charge in [-0.2, -0.15) is 0 Å². The van der Waals surface area contributed by atoms with Crippen LogP contribution in [0.1, 0.15) is 48.9 Å². The minimum absolute atomic E-state index is 0.126. The minimum Gasteiger partial charge on any atom is -0.467 e. The summed E-state index contributed by atoms with van der Waals surface area (Å²) in [5.74, 6) is 1.00. The van der Waals surface area contributed by atoms with Crippen LogP contribution in [0, 0.1) is 0 Å². The van der Waals surface area contributed by atoms with Crippen molar-refractivity contribution in [2.24, 2.45) is 0 Å². The Balaban J connectivity index is 1.54. The molecule has 1 fully saturated rings. The number of aromatic nitrogens is 1. The molecular formula is C23H25N3O4. The van der Waals surface area contributed by atoms with E-state index >= 15 is 0 Å². The normalized spacial score (nSPS) is 21.8. The van der Waals surface area contributed by atoms with Crippen LogP contribution >= 0.6 is 0 Å². The molecule has 1 atom stereocenters. The van der Waals surface area contributed by atoms with Gasteiger partial charge < -0.3 is 23.6 Å². The maximum absolute atomic E-state index is 13.5. The molecule has 3 aromatic heterocycles. The van der Waals surface area contributed by atoms with Crippen molar-refractivity contribution in [2.45, 2.75) is 57.3 Å². The number of amides is 2. The van der Waals surface area contributed by atoms with Crippen molar-refractivity contribution in [1.29, 1.82) is 0 Å². The van der Waals surface area contributed by atoms with E-state index in [4.69, 9.17) is 8.83 Å². The molecule has 0 bridgehead atoms. The predicted molar refractivity (Wildman–Crippen MR) is 110 cm³/mol. The van der Waals surface area contributed by atoms with Gasteiger partial charge in [0, 0.05) is 6.04 Å². The van der Waals surface area contributed by atoms with Crippen LogP contribution in [0.25, 0.3) is 11.5 Å². The number of hydrogen-bond acceptors (Lipinski definition) is 4. The highest BCUT2D eigenvalue weighted by Gasteiger charge is 2.48. The van der Waals surface area contributed by atoms with Gasteiger partial charge in [-0.1, -0.05) is 12.8 Å². The van der Waals surface area contributed by atoms with Gasteiger partial charge >= 0.3 is 0 Å². The second-order valence-electron chi connectivity index (χ2n) is 8.37. The molecule has 7 heteroatoms. The monoisotopic (exact) mass is 407 g/mol. The topological polar surface area (TPSA) is 80.6 Å². The maximum Gasteiger partial charge on any atom is 0.271 e. The largest absolute Gasteiger partial charge is 0.467 e. The molecule has 0 saturated heterocycles. The molecule has 3 aromatic rings. The first kappa shape index (κ1) is 18.8. The highest BCUT2D eigenvalue weighted by Crippen LogP contribution is 2.34. The number of carbonyl (C=O) groups is 2. The molecule has 5 rings (SSSR count). The van der Waals surface area contributed by atoms with E-state index < -0.39 is 5.54 Å². The highest BCUT2D eigenvalue weighted by molar-refractivity contribution is 6.00. The van der Waals surface area contributed by atoms with Gasteiger partial charge in [0.05, 0.1) is 31.3 Å². The van der Waals surface area contributed by atoms with Crippen LogP contribution in [0.15, 0.2) is 57.8 Å². The Bertz CT molecular complexity index is 1040. The van der Waals surface area contributed by atoms with E-state index in [0.717, 1.165) is 31.4 Å². The number of furan rings is 2. The van der Waals surface area contributed by atoms with E-state index in [0.29, 0.717) is 23.8 Å². The summed E-state index contributed by atoms with van der Waals surface area (Å²) in [7, 11) is 0. The summed E-state index contributed by atoms with van der Waals surface area (Å²) < 4.78 is 13.0. The van der Waals surface area contributed by atoms with Gasteiger partial charge in [-0.25, -0.2) is 0 Å². The zero-order valence-corrected chi connectivity index (χ0v) is 17.0. The van der Waals surface area contributed by atoms with Crippen molar-refractivity contribution >= 4 is 11.8 Å². The Hall–Kier alpha value is -3.22. The number of hydrogen-bond donors (Lipinski definition) is 1. The molecule has 156 valence electrons. The molecule has 30 heavy (non-hydrogen) atoms. The second kappa shape index (κ2) is 7.23. The van der Waals surface area contributed by atoms with E-state index in [2.05, 4.69) is 5.32 Å². The summed E-state index contributed by atoms with van der Waals surface area (Å²) in [4.78, 5) is 28.7. The van der Waals surface area contributed by atoms with Crippen LogP contribution in [0.5, 0.6) is 0 Å². The third-order valence-electron chi connectivity index (χ3n) is 6.35. The lowest BCUT2D eigenvalue weighted by atomic mass is 9.93. The quantitative estimate of drug-likeness (QED) is 0.697. The molecule has 1 N–H and O–H groups in total. The van der Waals surface area contributed by atoms with Crippen molar-refractivity contribution in [1.82, 2.24) is 14.8 Å². The Morgan fingerprint density at radius 1 is 1.10 bits per heavy atom. The van der Waals surface area contributed by atoms with Gasteiger partial charge in [-0.15, -0.1) is 0 Å². The van der Waals surface area contributed by atoms with Crippen LogP contribution in [0.2, 0.25) is 0 Å². The van der Waals surface area contributed by atoms with Crippen LogP contribution < -0.4 is 5.32 Å². The van der Waals surface area contributed by atoms with Gasteiger partial charge in [-0.05, 0) is 56.2 Å². The first-order valence-electron chi connectivity index (χ1n) is 10.4. The van der Waals surface area contributed by atoms with Crippen molar-refractivity contribution in [3.63, 3.8) is 0 Å². The third-order valence-corrected chi connectivity index (χ3v) is 6.35. The van der Waals surface area contributed by atoms with Crippen LogP contribution in [-0.2, 0) is 17.9 Å². The SMILES string of the molecule is CC1(C(=O)NC2CCCC2)Cn2c(ccc2-c2ccco2)C(=O)N1Cc1ccco1. The third kappa shape index (κ3) is 3.05. The minimum atomic E-state index is -1.06. The smallest absolute Gasteiger partial charge is 0.271 e. The van der Waals surface area contributed by atoms with E-state index in [1.807, 2.05) is 35.8 Å². The van der Waals surface area contributed by atoms with Crippen molar-refractivity contribution in [3.05, 3.63) is 60.4 Å². The van der Waals surface area contributed by atoms with Crippen molar-refractivity contribution < 1.29 is 18.4 Å². The first-order valence-corrected chi connectivity index (χ1v) is 10.4. The number of carbonyl (C=O) groups excluding carboxylic acids is 2. The molecule has 1 aliphatic heterocycles. The standard InChI is InChI=1S/C23H25N3O4/c1-23(22(28)24-16-6-2-3-7-16)15-25-18(20-9-5-13-30-20)10-11-19(25)21(27)26(23)14-17-8-4-12-29-17/h4-5,8-13,16H,2-3,6-7,14-15H2,1H3,(H,24,28). The zero-order chi connectivity index (χ0) is 20.7. The fourth-order valence-corrected chi connectivity index (χ4v) is 4.63. The average Bonchev–Trinajstić information content (AvgIpc) is 3.53. The highest BCUT2D eigenvalue weighted by atomic mass is 16.3. The molecule has 2 amide bonds. The summed E-state index contributed by atoms with van der Waals surface area (Å²) in [5, 5.41) is 3.20. The fourth-order valence-electron chi connectivity index (χ4n) is 4.63. The Morgan fingerprint density at radius 2 is 1.83 bits per heavy atom. The van der Waals surface area contributed by atoms with Gasteiger partial charge in [0.25, 0.3) is 5.91 Å². The molecule has 1 unspecified atom stereocenters. The molecule has 0 spiro atoms. The lowest BCUT2D eigenvalue weighted by Gasteiger charge is -2.44. The molecule has 4 heterocycles. The molecule has 1 saturated carbocycles. The van der Waals surface area contributed by atoms with Crippen LogP contribution in [-0.4, -0.2) is 32.9 Å². The summed E-state index contributed by atoms with van der Waals surface area (Å²) in [6, 6.07) is 11.1. The molecule has 7 nitrogen and oxygen atoms in total. The van der Waals surface area contributed by atoms with Crippen LogP contribution in [0.3, 0.4) is 0 Å². The second-order valence-corrected chi connectivity index (χ2v) is 8.37. The summed E-state index contributed by atoms with van der Waals surface area (Å²) >= 11 is 0. The summed E-state index contributed by atoms with van der Waals surface area (Å²) in [5.41, 5.74) is 0.278. The summed E-state index contributed by atoms with van der Waals surface area (Å²) in [6.07, 6.45) is 7.41. The van der Waals surface area contributed by atoms with Gasteiger partial charge in [0.2, 0.25) is 5.91 Å². The predicted octanol–water partition coefficient (Wildman–Crippen LogP) is 3.81. The van der Waals surface area contributed by atoms with Crippen molar-refractivity contribution in [2.75, 3.05) is 0 Å². The molecule has 2 aliphatic rings.